The van der Waals surface area contributed by atoms with Crippen molar-refractivity contribution < 1.29 is 12.6 Å². The maximum absolute atomic E-state index is 12.8. The van der Waals surface area contributed by atoms with Gasteiger partial charge in [-0.3, -0.25) is 0 Å². The molecule has 0 aliphatic heterocycles. The summed E-state index contributed by atoms with van der Waals surface area (Å²) in [5, 5.41) is 10.1. The zero-order valence-electron chi connectivity index (χ0n) is 15.6. The molecule has 3 aromatic carbocycles. The third-order valence-electron chi connectivity index (χ3n) is 4.12. The summed E-state index contributed by atoms with van der Waals surface area (Å²) in [6.45, 7) is 1.96. The summed E-state index contributed by atoms with van der Waals surface area (Å²) in [6.07, 6.45) is 1.59. The van der Waals surface area contributed by atoms with Crippen molar-refractivity contribution in [2.75, 3.05) is 0 Å². The molecule has 0 atom stereocenters. The van der Waals surface area contributed by atoms with E-state index >= 15 is 0 Å². The lowest BCUT2D eigenvalue weighted by molar-refractivity contribution is 0.484. The Balaban J connectivity index is 2.09. The highest BCUT2D eigenvalue weighted by atomic mass is 79.9. The van der Waals surface area contributed by atoms with Gasteiger partial charge in [-0.2, -0.15) is 13.7 Å². The van der Waals surface area contributed by atoms with Gasteiger partial charge in [0.1, 0.15) is 4.90 Å². The van der Waals surface area contributed by atoms with Gasteiger partial charge in [0.15, 0.2) is 5.75 Å². The summed E-state index contributed by atoms with van der Waals surface area (Å²) < 4.78 is 32.1. The Labute approximate surface area is 197 Å². The van der Waals surface area contributed by atoms with Crippen LogP contribution in [-0.2, 0) is 10.1 Å². The number of allylic oxidation sites excluding steroid dienone is 1. The minimum absolute atomic E-state index is 0.0318. The first-order valence-electron chi connectivity index (χ1n) is 8.57. The average molecular weight is 568 g/mol. The number of nitrogens with zero attached hydrogens (tertiary/aromatic N) is 1. The lowest BCUT2D eigenvalue weighted by Crippen LogP contribution is -2.11. The Morgan fingerprint density at radius 2 is 1.70 bits per heavy atom. The van der Waals surface area contributed by atoms with Gasteiger partial charge < -0.3 is 4.18 Å². The van der Waals surface area contributed by atoms with Gasteiger partial charge in [-0.25, -0.2) is 0 Å². The summed E-state index contributed by atoms with van der Waals surface area (Å²) in [5.41, 5.74) is 2.57. The number of nitriles is 1. The van der Waals surface area contributed by atoms with Crippen molar-refractivity contribution in [3.8, 4) is 11.8 Å². The van der Waals surface area contributed by atoms with Gasteiger partial charge in [-0.05, 0) is 70.9 Å². The molecule has 0 aromatic heterocycles. The molecule has 3 rings (SSSR count). The predicted octanol–water partition coefficient (Wildman–Crippen LogP) is 7.01. The SMILES string of the molecule is Cc1ccc(/C(C#N)=C/c2cc(Br)cc(Br)c2OS(=O)(=O)c2ccc(Cl)cc2)cc1. The Morgan fingerprint density at radius 1 is 1.07 bits per heavy atom. The predicted molar refractivity (Wildman–Crippen MR) is 126 cm³/mol. The molecule has 0 aliphatic rings. The van der Waals surface area contributed by atoms with Gasteiger partial charge in [0.2, 0.25) is 0 Å². The molecule has 0 spiro atoms. The maximum Gasteiger partial charge on any atom is 0.339 e. The van der Waals surface area contributed by atoms with Crippen LogP contribution in [0.15, 0.2) is 74.5 Å². The van der Waals surface area contributed by atoms with Crippen molar-refractivity contribution in [2.24, 2.45) is 0 Å². The molecule has 0 heterocycles. The fourth-order valence-corrected chi connectivity index (χ4v) is 5.15. The van der Waals surface area contributed by atoms with Gasteiger partial charge >= 0.3 is 10.1 Å². The van der Waals surface area contributed by atoms with Crippen LogP contribution in [0.1, 0.15) is 16.7 Å². The zero-order valence-corrected chi connectivity index (χ0v) is 20.3. The smallest absolute Gasteiger partial charge is 0.339 e. The van der Waals surface area contributed by atoms with E-state index in [2.05, 4.69) is 37.9 Å². The largest absolute Gasteiger partial charge is 0.377 e. The molecule has 0 aliphatic carbocycles. The first kappa shape index (κ1) is 22.6. The van der Waals surface area contributed by atoms with Crippen molar-refractivity contribution in [2.45, 2.75) is 11.8 Å². The number of halogens is 3. The van der Waals surface area contributed by atoms with E-state index in [1.165, 1.54) is 24.3 Å². The molecular weight excluding hydrogens is 554 g/mol. The van der Waals surface area contributed by atoms with E-state index in [9.17, 15) is 13.7 Å². The van der Waals surface area contributed by atoms with E-state index in [1.807, 2.05) is 31.2 Å². The van der Waals surface area contributed by atoms with E-state index in [-0.39, 0.29) is 10.6 Å². The molecule has 8 heteroatoms. The monoisotopic (exact) mass is 565 g/mol. The van der Waals surface area contributed by atoms with Gasteiger partial charge in [0.25, 0.3) is 0 Å². The van der Waals surface area contributed by atoms with E-state index in [4.69, 9.17) is 15.8 Å². The summed E-state index contributed by atoms with van der Waals surface area (Å²) in [4.78, 5) is -0.0318. The third kappa shape index (κ3) is 5.32. The molecule has 30 heavy (non-hydrogen) atoms. The Bertz CT molecular complexity index is 1260. The average Bonchev–Trinajstić information content (AvgIpc) is 2.69. The highest BCUT2D eigenvalue weighted by Gasteiger charge is 2.21. The molecule has 3 aromatic rings. The fourth-order valence-electron chi connectivity index (χ4n) is 2.60. The van der Waals surface area contributed by atoms with Crippen molar-refractivity contribution in [3.63, 3.8) is 0 Å². The third-order valence-corrected chi connectivity index (χ3v) is 6.65. The molecule has 0 N–H and O–H groups in total. The van der Waals surface area contributed by atoms with Crippen molar-refractivity contribution in [1.29, 1.82) is 5.26 Å². The van der Waals surface area contributed by atoms with Crippen LogP contribution in [0.5, 0.6) is 5.75 Å². The molecule has 152 valence electrons. The minimum atomic E-state index is -4.12. The van der Waals surface area contributed by atoms with Crippen LogP contribution in [0.2, 0.25) is 5.02 Å². The minimum Gasteiger partial charge on any atom is -0.377 e. The zero-order chi connectivity index (χ0) is 21.9. The number of aryl methyl sites for hydroxylation is 1. The highest BCUT2D eigenvalue weighted by Crippen LogP contribution is 2.37. The van der Waals surface area contributed by atoms with Crippen LogP contribution in [0, 0.1) is 18.3 Å². The summed E-state index contributed by atoms with van der Waals surface area (Å²) >= 11 is 12.6. The molecule has 0 fully saturated rings. The van der Waals surface area contributed by atoms with Gasteiger partial charge in [0, 0.05) is 15.1 Å². The second-order valence-corrected chi connectivity index (χ2v) is 10.1. The van der Waals surface area contributed by atoms with E-state index < -0.39 is 10.1 Å². The van der Waals surface area contributed by atoms with Crippen LogP contribution in [-0.4, -0.2) is 8.42 Å². The summed E-state index contributed by atoms with van der Waals surface area (Å²) in [6, 6.07) is 18.7. The first-order valence-corrected chi connectivity index (χ1v) is 11.9. The molecular formula is C22H14Br2ClNO3S. The number of hydrogen-bond donors (Lipinski definition) is 0. The highest BCUT2D eigenvalue weighted by molar-refractivity contribution is 9.11. The van der Waals surface area contributed by atoms with E-state index in [1.54, 1.807) is 18.2 Å². The topological polar surface area (TPSA) is 67.2 Å². The second-order valence-electron chi connectivity index (χ2n) is 6.33. The van der Waals surface area contributed by atoms with Crippen LogP contribution in [0.4, 0.5) is 0 Å². The van der Waals surface area contributed by atoms with Gasteiger partial charge in [-0.1, -0.05) is 57.4 Å². The van der Waals surface area contributed by atoms with Crippen LogP contribution in [0.3, 0.4) is 0 Å². The molecule has 0 radical (unpaired) electrons. The van der Waals surface area contributed by atoms with Crippen LogP contribution >= 0.6 is 43.5 Å². The van der Waals surface area contributed by atoms with Gasteiger partial charge in [-0.15, -0.1) is 0 Å². The molecule has 0 saturated carbocycles. The Kier molecular flexibility index (Phi) is 7.04. The normalized spacial score (nSPS) is 11.8. The quantitative estimate of drug-likeness (QED) is 0.189. The van der Waals surface area contributed by atoms with Crippen LogP contribution < -0.4 is 4.18 Å². The molecule has 0 saturated heterocycles. The molecule has 4 nitrogen and oxygen atoms in total. The number of rotatable bonds is 5. The lowest BCUT2D eigenvalue weighted by Gasteiger charge is -2.13. The summed E-state index contributed by atoms with van der Waals surface area (Å²) in [7, 11) is -4.12. The van der Waals surface area contributed by atoms with Crippen molar-refractivity contribution >= 4 is 65.2 Å². The molecule has 0 amide bonds. The number of hydrogen-bond acceptors (Lipinski definition) is 4. The summed E-state index contributed by atoms with van der Waals surface area (Å²) in [5.74, 6) is 0.0769. The standard InChI is InChI=1S/C22H14Br2ClNO3S/c1-14-2-4-15(5-3-14)17(13-26)10-16-11-18(23)12-21(24)22(16)29-30(27,28)20-8-6-19(25)7-9-20/h2-12H,1H3/b17-10+. The van der Waals surface area contributed by atoms with Gasteiger partial charge in [0.05, 0.1) is 16.1 Å². The first-order chi connectivity index (χ1) is 14.2. The lowest BCUT2D eigenvalue weighted by atomic mass is 10.0. The Morgan fingerprint density at radius 3 is 2.30 bits per heavy atom. The number of benzene rings is 3. The van der Waals surface area contributed by atoms with Crippen molar-refractivity contribution in [3.05, 3.63) is 91.3 Å². The van der Waals surface area contributed by atoms with Crippen molar-refractivity contribution in [1.82, 2.24) is 0 Å². The maximum atomic E-state index is 12.8. The Hall–Kier alpha value is -2.11. The van der Waals surface area contributed by atoms with E-state index in [0.717, 1.165) is 5.56 Å². The second kappa shape index (κ2) is 9.36. The molecule has 0 bridgehead atoms. The molecule has 0 unspecified atom stereocenters. The van der Waals surface area contributed by atoms with Crippen LogP contribution in [0.25, 0.3) is 11.6 Å². The fraction of sp³-hybridized carbons (Fsp3) is 0.0455. The van der Waals surface area contributed by atoms with E-state index in [0.29, 0.717) is 30.7 Å².